The van der Waals surface area contributed by atoms with Gasteiger partial charge in [-0.2, -0.15) is 0 Å². The van der Waals surface area contributed by atoms with Crippen LogP contribution >= 0.6 is 0 Å². The second-order valence-corrected chi connectivity index (χ2v) is 5.46. The Hall–Kier alpha value is -2.12. The Morgan fingerprint density at radius 2 is 1.73 bits per heavy atom. The first kappa shape index (κ1) is 16.3. The summed E-state index contributed by atoms with van der Waals surface area (Å²) in [6, 6.07) is 17.1. The van der Waals surface area contributed by atoms with Crippen molar-refractivity contribution in [3.05, 3.63) is 82.2 Å². The summed E-state index contributed by atoms with van der Waals surface area (Å²) < 4.78 is 0. The van der Waals surface area contributed by atoms with Crippen LogP contribution in [0.3, 0.4) is 0 Å². The van der Waals surface area contributed by atoms with Gasteiger partial charge in [0.15, 0.2) is 0 Å². The van der Waals surface area contributed by atoms with Gasteiger partial charge in [-0.3, -0.25) is 0 Å². The fraction of sp³-hybridized carbons (Fsp3) is 0.238. The van der Waals surface area contributed by atoms with Gasteiger partial charge in [0.1, 0.15) is 0 Å². The van der Waals surface area contributed by atoms with Crippen molar-refractivity contribution in [1.29, 1.82) is 0 Å². The number of benzene rings is 2. The third-order valence-electron chi connectivity index (χ3n) is 3.81. The van der Waals surface area contributed by atoms with Crippen LogP contribution in [0.4, 0.5) is 0 Å². The van der Waals surface area contributed by atoms with Crippen LogP contribution in [0.25, 0.3) is 12.2 Å². The molecule has 0 bridgehead atoms. The van der Waals surface area contributed by atoms with Crippen molar-refractivity contribution in [2.24, 2.45) is 0 Å². The van der Waals surface area contributed by atoms with E-state index in [9.17, 15) is 0 Å². The number of rotatable bonds is 6. The van der Waals surface area contributed by atoms with Crippen LogP contribution in [-0.4, -0.2) is 6.54 Å². The van der Waals surface area contributed by atoms with E-state index in [-0.39, 0.29) is 0 Å². The number of allylic oxidation sites excluding steroid dienone is 1. The Kier molecular flexibility index (Phi) is 6.17. The normalized spacial score (nSPS) is 12.6. The molecule has 0 aliphatic carbocycles. The van der Waals surface area contributed by atoms with Crippen LogP contribution in [0.2, 0.25) is 0 Å². The highest BCUT2D eigenvalue weighted by Crippen LogP contribution is 2.05. The highest BCUT2D eigenvalue weighted by atomic mass is 14.8. The summed E-state index contributed by atoms with van der Waals surface area (Å²) in [6.07, 6.45) is 5.34. The lowest BCUT2D eigenvalue weighted by molar-refractivity contribution is 0.767. The lowest BCUT2D eigenvalue weighted by Crippen LogP contribution is -2.29. The van der Waals surface area contributed by atoms with E-state index in [0.717, 1.165) is 24.7 Å². The molecule has 0 spiro atoms. The predicted molar refractivity (Wildman–Crippen MR) is 97.0 cm³/mol. The zero-order chi connectivity index (χ0) is 15.8. The molecule has 22 heavy (non-hydrogen) atoms. The van der Waals surface area contributed by atoms with Gasteiger partial charge in [0.05, 0.1) is 0 Å². The summed E-state index contributed by atoms with van der Waals surface area (Å²) in [7, 11) is 0. The summed E-state index contributed by atoms with van der Waals surface area (Å²) in [6.45, 7) is 10.1. The Labute approximate surface area is 133 Å². The van der Waals surface area contributed by atoms with Gasteiger partial charge >= 0.3 is 0 Å². The van der Waals surface area contributed by atoms with Gasteiger partial charge in [-0.1, -0.05) is 74.2 Å². The summed E-state index contributed by atoms with van der Waals surface area (Å²) in [4.78, 5) is 0. The molecule has 2 aromatic rings. The molecule has 0 saturated heterocycles. The fourth-order valence-corrected chi connectivity index (χ4v) is 2.51. The van der Waals surface area contributed by atoms with Crippen molar-refractivity contribution < 1.29 is 0 Å². The van der Waals surface area contributed by atoms with Crippen LogP contribution in [-0.2, 0) is 13.0 Å². The van der Waals surface area contributed by atoms with E-state index in [1.165, 1.54) is 21.9 Å². The highest BCUT2D eigenvalue weighted by molar-refractivity contribution is 5.58. The van der Waals surface area contributed by atoms with E-state index in [2.05, 4.69) is 80.4 Å². The molecule has 0 amide bonds. The molecule has 2 aromatic carbocycles. The molecule has 1 nitrogen and oxygen atoms in total. The van der Waals surface area contributed by atoms with E-state index in [4.69, 9.17) is 0 Å². The van der Waals surface area contributed by atoms with Crippen LogP contribution in [0.15, 0.2) is 60.7 Å². The van der Waals surface area contributed by atoms with Crippen molar-refractivity contribution in [3.8, 4) is 0 Å². The smallest absolute Gasteiger partial charge is 0.0214 e. The van der Waals surface area contributed by atoms with Crippen molar-refractivity contribution in [2.45, 2.75) is 26.8 Å². The highest BCUT2D eigenvalue weighted by Gasteiger charge is 1.97. The van der Waals surface area contributed by atoms with Crippen molar-refractivity contribution in [2.75, 3.05) is 6.54 Å². The molecule has 0 atom stereocenters. The first-order valence-corrected chi connectivity index (χ1v) is 7.93. The van der Waals surface area contributed by atoms with Crippen molar-refractivity contribution in [1.82, 2.24) is 5.32 Å². The molecule has 0 heterocycles. The average Bonchev–Trinajstić information content (AvgIpc) is 2.55. The van der Waals surface area contributed by atoms with E-state index in [0.29, 0.717) is 0 Å². The lowest BCUT2D eigenvalue weighted by atomic mass is 10.1. The molecule has 0 unspecified atom stereocenters. The van der Waals surface area contributed by atoms with Gasteiger partial charge in [-0.15, -0.1) is 0 Å². The third-order valence-corrected chi connectivity index (χ3v) is 3.81. The second kappa shape index (κ2) is 8.35. The molecular formula is C21H25N. The first-order valence-electron chi connectivity index (χ1n) is 7.93. The molecule has 0 fully saturated rings. The fourth-order valence-electron chi connectivity index (χ4n) is 2.51. The van der Waals surface area contributed by atoms with Crippen LogP contribution < -0.4 is 15.8 Å². The van der Waals surface area contributed by atoms with Gasteiger partial charge in [-0.05, 0) is 40.5 Å². The number of hydrogen-bond acceptors (Lipinski definition) is 1. The Morgan fingerprint density at radius 1 is 1.05 bits per heavy atom. The van der Waals surface area contributed by atoms with E-state index >= 15 is 0 Å². The van der Waals surface area contributed by atoms with Gasteiger partial charge in [0.2, 0.25) is 0 Å². The van der Waals surface area contributed by atoms with E-state index in [1.807, 2.05) is 6.07 Å². The number of hydrogen-bond donors (Lipinski definition) is 1. The van der Waals surface area contributed by atoms with E-state index < -0.39 is 0 Å². The maximum absolute atomic E-state index is 4.13. The minimum absolute atomic E-state index is 0.840. The summed E-state index contributed by atoms with van der Waals surface area (Å²) >= 11 is 0. The summed E-state index contributed by atoms with van der Waals surface area (Å²) in [5.74, 6) is 0. The van der Waals surface area contributed by atoms with Crippen LogP contribution in [0.1, 0.15) is 25.0 Å². The largest absolute Gasteiger partial charge is 0.309 e. The maximum Gasteiger partial charge on any atom is 0.0214 e. The Balaban J connectivity index is 2.09. The molecular weight excluding hydrogens is 266 g/mol. The minimum Gasteiger partial charge on any atom is -0.309 e. The topological polar surface area (TPSA) is 12.0 Å². The minimum atomic E-state index is 0.840. The molecule has 2 rings (SSSR count). The number of aryl methyl sites for hydroxylation is 1. The third kappa shape index (κ3) is 4.44. The molecule has 0 aliphatic heterocycles. The lowest BCUT2D eigenvalue weighted by Gasteiger charge is -2.07. The number of nitrogens with one attached hydrogen (secondary N) is 1. The first-order chi connectivity index (χ1) is 10.7. The second-order valence-electron chi connectivity index (χ2n) is 5.46. The van der Waals surface area contributed by atoms with Crippen LogP contribution in [0.5, 0.6) is 0 Å². The van der Waals surface area contributed by atoms with Gasteiger partial charge < -0.3 is 5.32 Å². The molecule has 0 aliphatic rings. The van der Waals surface area contributed by atoms with Crippen molar-refractivity contribution in [3.63, 3.8) is 0 Å². The summed E-state index contributed by atoms with van der Waals surface area (Å²) in [5, 5.41) is 5.82. The molecule has 0 radical (unpaired) electrons. The van der Waals surface area contributed by atoms with Gasteiger partial charge in [0.25, 0.3) is 0 Å². The molecule has 0 aromatic heterocycles. The average molecular weight is 291 g/mol. The molecule has 1 N–H and O–H groups in total. The van der Waals surface area contributed by atoms with Crippen molar-refractivity contribution >= 4 is 12.2 Å². The summed E-state index contributed by atoms with van der Waals surface area (Å²) in [5.41, 5.74) is 3.98. The Bertz CT molecular complexity index is 723. The zero-order valence-corrected chi connectivity index (χ0v) is 13.6. The van der Waals surface area contributed by atoms with Gasteiger partial charge in [0, 0.05) is 13.1 Å². The molecule has 1 heteroatoms. The zero-order valence-electron chi connectivity index (χ0n) is 13.6. The van der Waals surface area contributed by atoms with E-state index in [1.54, 1.807) is 0 Å². The Morgan fingerprint density at radius 3 is 2.36 bits per heavy atom. The van der Waals surface area contributed by atoms with Crippen LogP contribution in [0, 0.1) is 0 Å². The monoisotopic (exact) mass is 291 g/mol. The maximum atomic E-state index is 4.13. The SMILES string of the molecule is C=c1cccc/c1=C(/C=C\C)CNCc1ccc(CC)cc1. The van der Waals surface area contributed by atoms with Gasteiger partial charge in [-0.25, -0.2) is 0 Å². The molecule has 114 valence electrons. The standard InChI is InChI=1S/C21H25N/c1-4-8-20(21-10-7-6-9-17(21)3)16-22-15-19-13-11-18(5-2)12-14-19/h4,6-14,22H,3,5,15-16H2,1-2H3/b8-4-,21-20+. The molecule has 0 saturated carbocycles. The predicted octanol–water partition coefficient (Wildman–Crippen LogP) is 3.18. The quantitative estimate of drug-likeness (QED) is 0.862.